The summed E-state index contributed by atoms with van der Waals surface area (Å²) in [4.78, 5) is 11.4. The standard InChI is InChI=1S/C11H14N2O/c1-7(12)4-8-2-3-9-6-13-11(14)10(9)5-8/h2-3,5,7H,4,6,12H2,1H3,(H,13,14). The SMILES string of the molecule is CC(N)Cc1ccc2c(c1)C(=O)NC2. The number of nitrogens with one attached hydrogen (secondary N) is 1. The number of rotatable bonds is 2. The van der Waals surface area contributed by atoms with Gasteiger partial charge in [0.2, 0.25) is 0 Å². The Morgan fingerprint density at radius 2 is 2.36 bits per heavy atom. The lowest BCUT2D eigenvalue weighted by Crippen LogP contribution is -2.18. The average molecular weight is 190 g/mol. The summed E-state index contributed by atoms with van der Waals surface area (Å²) in [6.07, 6.45) is 0.820. The van der Waals surface area contributed by atoms with Crippen molar-refractivity contribution in [1.82, 2.24) is 5.32 Å². The molecule has 1 aromatic rings. The molecule has 0 aromatic heterocycles. The van der Waals surface area contributed by atoms with Crippen LogP contribution in [-0.2, 0) is 13.0 Å². The van der Waals surface area contributed by atoms with E-state index in [1.165, 1.54) is 0 Å². The van der Waals surface area contributed by atoms with Gasteiger partial charge in [0.25, 0.3) is 5.91 Å². The predicted molar refractivity (Wildman–Crippen MR) is 55.0 cm³/mol. The fourth-order valence-electron chi connectivity index (χ4n) is 1.76. The minimum absolute atomic E-state index is 0.0338. The van der Waals surface area contributed by atoms with Crippen molar-refractivity contribution in [2.75, 3.05) is 0 Å². The summed E-state index contributed by atoms with van der Waals surface area (Å²) >= 11 is 0. The summed E-state index contributed by atoms with van der Waals surface area (Å²) in [5.74, 6) is 0.0338. The van der Waals surface area contributed by atoms with E-state index in [-0.39, 0.29) is 11.9 Å². The van der Waals surface area contributed by atoms with E-state index >= 15 is 0 Å². The van der Waals surface area contributed by atoms with Crippen LogP contribution in [0.2, 0.25) is 0 Å². The van der Waals surface area contributed by atoms with E-state index in [9.17, 15) is 4.79 Å². The normalized spacial score (nSPS) is 16.3. The van der Waals surface area contributed by atoms with Crippen LogP contribution in [0.5, 0.6) is 0 Å². The Morgan fingerprint density at radius 1 is 1.57 bits per heavy atom. The molecule has 74 valence electrons. The second-order valence-electron chi connectivity index (χ2n) is 3.86. The molecule has 0 aliphatic carbocycles. The molecule has 0 spiro atoms. The number of hydrogen-bond acceptors (Lipinski definition) is 2. The molecule has 0 radical (unpaired) electrons. The first kappa shape index (κ1) is 9.21. The predicted octanol–water partition coefficient (Wildman–Crippen LogP) is 0.820. The molecule has 1 heterocycles. The molecule has 1 aliphatic heterocycles. The van der Waals surface area contributed by atoms with Crippen LogP contribution in [0, 0.1) is 0 Å². The number of fused-ring (bicyclic) bond motifs is 1. The molecular weight excluding hydrogens is 176 g/mol. The summed E-state index contributed by atoms with van der Waals surface area (Å²) in [6.45, 7) is 2.62. The topological polar surface area (TPSA) is 55.1 Å². The maximum Gasteiger partial charge on any atom is 0.251 e. The molecule has 3 nitrogen and oxygen atoms in total. The van der Waals surface area contributed by atoms with Gasteiger partial charge >= 0.3 is 0 Å². The van der Waals surface area contributed by atoms with E-state index in [0.29, 0.717) is 6.54 Å². The van der Waals surface area contributed by atoms with Crippen LogP contribution in [-0.4, -0.2) is 11.9 Å². The molecule has 0 saturated carbocycles. The lowest BCUT2D eigenvalue weighted by atomic mass is 10.0. The summed E-state index contributed by atoms with van der Waals surface area (Å²) in [5.41, 5.74) is 8.73. The molecule has 3 N–H and O–H groups in total. The summed E-state index contributed by atoms with van der Waals surface area (Å²) < 4.78 is 0. The highest BCUT2D eigenvalue weighted by Crippen LogP contribution is 2.17. The highest BCUT2D eigenvalue weighted by atomic mass is 16.1. The van der Waals surface area contributed by atoms with E-state index < -0.39 is 0 Å². The highest BCUT2D eigenvalue weighted by molar-refractivity contribution is 5.98. The van der Waals surface area contributed by atoms with Crippen molar-refractivity contribution >= 4 is 5.91 Å². The summed E-state index contributed by atoms with van der Waals surface area (Å²) in [6, 6.07) is 6.13. The van der Waals surface area contributed by atoms with Crippen LogP contribution >= 0.6 is 0 Å². The van der Waals surface area contributed by atoms with Gasteiger partial charge in [-0.25, -0.2) is 0 Å². The van der Waals surface area contributed by atoms with Crippen LogP contribution in [0.4, 0.5) is 0 Å². The smallest absolute Gasteiger partial charge is 0.251 e. The van der Waals surface area contributed by atoms with E-state index in [1.54, 1.807) is 0 Å². The fraction of sp³-hybridized carbons (Fsp3) is 0.364. The van der Waals surface area contributed by atoms with Gasteiger partial charge in [-0.1, -0.05) is 12.1 Å². The molecule has 2 rings (SSSR count). The van der Waals surface area contributed by atoms with E-state index in [0.717, 1.165) is 23.1 Å². The van der Waals surface area contributed by atoms with Crippen LogP contribution in [0.25, 0.3) is 0 Å². The minimum atomic E-state index is 0.0338. The molecule has 0 bridgehead atoms. The molecule has 1 atom stereocenters. The molecule has 1 aromatic carbocycles. The molecule has 1 aliphatic rings. The van der Waals surface area contributed by atoms with Crippen molar-refractivity contribution < 1.29 is 4.79 Å². The van der Waals surface area contributed by atoms with E-state index in [2.05, 4.69) is 5.32 Å². The first-order valence-corrected chi connectivity index (χ1v) is 4.82. The zero-order valence-electron chi connectivity index (χ0n) is 8.21. The first-order chi connectivity index (χ1) is 6.66. The Kier molecular flexibility index (Phi) is 2.25. The number of amides is 1. The Morgan fingerprint density at radius 3 is 3.07 bits per heavy atom. The minimum Gasteiger partial charge on any atom is -0.348 e. The zero-order chi connectivity index (χ0) is 10.1. The molecular formula is C11H14N2O. The molecule has 1 unspecified atom stereocenters. The average Bonchev–Trinajstić information content (AvgIpc) is 2.47. The van der Waals surface area contributed by atoms with Gasteiger partial charge < -0.3 is 11.1 Å². The van der Waals surface area contributed by atoms with Gasteiger partial charge in [0.15, 0.2) is 0 Å². The van der Waals surface area contributed by atoms with Crippen molar-refractivity contribution in [2.45, 2.75) is 25.9 Å². The third kappa shape index (κ3) is 1.63. The third-order valence-corrected chi connectivity index (χ3v) is 2.42. The van der Waals surface area contributed by atoms with Gasteiger partial charge in [0, 0.05) is 18.2 Å². The Bertz CT molecular complexity index is 372. The number of hydrogen-bond donors (Lipinski definition) is 2. The molecule has 0 saturated heterocycles. The summed E-state index contributed by atoms with van der Waals surface area (Å²) in [5, 5.41) is 2.80. The van der Waals surface area contributed by atoms with Gasteiger partial charge in [-0.2, -0.15) is 0 Å². The number of carbonyl (C=O) groups excluding carboxylic acids is 1. The maximum absolute atomic E-state index is 11.4. The monoisotopic (exact) mass is 190 g/mol. The van der Waals surface area contributed by atoms with Crippen molar-refractivity contribution in [3.8, 4) is 0 Å². The second-order valence-corrected chi connectivity index (χ2v) is 3.86. The number of carbonyl (C=O) groups is 1. The fourth-order valence-corrected chi connectivity index (χ4v) is 1.76. The van der Waals surface area contributed by atoms with Crippen molar-refractivity contribution in [3.63, 3.8) is 0 Å². The van der Waals surface area contributed by atoms with Gasteiger partial charge in [-0.05, 0) is 30.5 Å². The number of nitrogens with two attached hydrogens (primary N) is 1. The van der Waals surface area contributed by atoms with E-state index in [4.69, 9.17) is 5.73 Å². The summed E-state index contributed by atoms with van der Waals surface area (Å²) in [7, 11) is 0. The molecule has 14 heavy (non-hydrogen) atoms. The quantitative estimate of drug-likeness (QED) is 0.725. The van der Waals surface area contributed by atoms with Crippen LogP contribution in [0.15, 0.2) is 18.2 Å². The van der Waals surface area contributed by atoms with Gasteiger partial charge in [-0.15, -0.1) is 0 Å². The molecule has 0 fully saturated rings. The molecule has 3 heteroatoms. The van der Waals surface area contributed by atoms with Crippen LogP contribution in [0.3, 0.4) is 0 Å². The van der Waals surface area contributed by atoms with Gasteiger partial charge in [-0.3, -0.25) is 4.79 Å². The van der Waals surface area contributed by atoms with Gasteiger partial charge in [0.05, 0.1) is 0 Å². The van der Waals surface area contributed by atoms with Crippen LogP contribution < -0.4 is 11.1 Å². The Balaban J connectivity index is 2.30. The van der Waals surface area contributed by atoms with Crippen molar-refractivity contribution in [3.05, 3.63) is 34.9 Å². The first-order valence-electron chi connectivity index (χ1n) is 4.82. The molecule has 1 amide bonds. The van der Waals surface area contributed by atoms with Crippen molar-refractivity contribution in [1.29, 1.82) is 0 Å². The second kappa shape index (κ2) is 3.42. The van der Waals surface area contributed by atoms with Gasteiger partial charge in [0.1, 0.15) is 0 Å². The Hall–Kier alpha value is -1.35. The van der Waals surface area contributed by atoms with E-state index in [1.807, 2.05) is 25.1 Å². The zero-order valence-corrected chi connectivity index (χ0v) is 8.21. The largest absolute Gasteiger partial charge is 0.348 e. The number of benzene rings is 1. The highest BCUT2D eigenvalue weighted by Gasteiger charge is 2.18. The van der Waals surface area contributed by atoms with Crippen LogP contribution in [0.1, 0.15) is 28.4 Å². The maximum atomic E-state index is 11.4. The lowest BCUT2D eigenvalue weighted by molar-refractivity contribution is 0.0965. The van der Waals surface area contributed by atoms with Crippen molar-refractivity contribution in [2.24, 2.45) is 5.73 Å². The third-order valence-electron chi connectivity index (χ3n) is 2.42. The Labute approximate surface area is 83.3 Å². The lowest BCUT2D eigenvalue weighted by Gasteiger charge is -2.06.